The van der Waals surface area contributed by atoms with Crippen LogP contribution in [0.15, 0.2) is 0 Å². The molecule has 5 aliphatic rings. The van der Waals surface area contributed by atoms with Gasteiger partial charge in [0, 0.05) is 11.8 Å². The highest BCUT2D eigenvalue weighted by Gasteiger charge is 2.75. The number of hydrogen-bond acceptors (Lipinski definition) is 2. The van der Waals surface area contributed by atoms with Gasteiger partial charge in [0.15, 0.2) is 0 Å². The summed E-state index contributed by atoms with van der Waals surface area (Å²) in [7, 11) is 0. The molecule has 0 aromatic carbocycles. The molecular weight excluding hydrogens is 272 g/mol. The molecule has 0 amide bonds. The Bertz CT molecular complexity index is 504. The maximum atomic E-state index is 10.2. The van der Waals surface area contributed by atoms with Crippen molar-refractivity contribution in [1.82, 2.24) is 0 Å². The van der Waals surface area contributed by atoms with Gasteiger partial charge < -0.3 is 9.84 Å². The number of ether oxygens (including phenoxy) is 1. The van der Waals surface area contributed by atoms with Gasteiger partial charge in [0.05, 0.1) is 12.2 Å². The van der Waals surface area contributed by atoms with Gasteiger partial charge in [0.1, 0.15) is 5.60 Å². The molecule has 5 rings (SSSR count). The molecule has 2 heteroatoms. The predicted octanol–water partition coefficient (Wildman–Crippen LogP) is 4.16. The van der Waals surface area contributed by atoms with Gasteiger partial charge in [-0.1, -0.05) is 20.8 Å². The Morgan fingerprint density at radius 3 is 2.64 bits per heavy atom. The van der Waals surface area contributed by atoms with Crippen LogP contribution in [-0.2, 0) is 4.74 Å². The van der Waals surface area contributed by atoms with Crippen molar-refractivity contribution in [3.8, 4) is 0 Å². The van der Waals surface area contributed by atoms with Gasteiger partial charge in [-0.05, 0) is 74.0 Å². The van der Waals surface area contributed by atoms with Crippen LogP contribution in [-0.4, -0.2) is 22.9 Å². The molecule has 1 N–H and O–H groups in total. The molecule has 0 aromatic heterocycles. The molecule has 0 aromatic rings. The van der Waals surface area contributed by atoms with E-state index in [2.05, 4.69) is 20.8 Å². The fourth-order valence-corrected chi connectivity index (χ4v) is 7.92. The Kier molecular flexibility index (Phi) is 2.67. The lowest BCUT2D eigenvalue weighted by Gasteiger charge is -2.59. The van der Waals surface area contributed by atoms with Crippen LogP contribution in [0.25, 0.3) is 0 Å². The Labute approximate surface area is 135 Å². The second-order valence-electron chi connectivity index (χ2n) is 9.95. The largest absolute Gasteiger partial charge is 0.393 e. The minimum atomic E-state index is -0.116. The Morgan fingerprint density at radius 1 is 1.00 bits per heavy atom. The molecule has 1 heterocycles. The summed E-state index contributed by atoms with van der Waals surface area (Å²) in [6.45, 7) is 7.62. The first-order valence-electron chi connectivity index (χ1n) is 9.77. The van der Waals surface area contributed by atoms with Crippen LogP contribution in [0.5, 0.6) is 0 Å². The summed E-state index contributed by atoms with van der Waals surface area (Å²) in [6.07, 6.45) is 10.5. The number of epoxide rings is 1. The third-order valence-electron chi connectivity index (χ3n) is 9.53. The zero-order valence-corrected chi connectivity index (χ0v) is 14.5. The molecule has 22 heavy (non-hydrogen) atoms. The van der Waals surface area contributed by atoms with Crippen LogP contribution in [0.3, 0.4) is 0 Å². The van der Waals surface area contributed by atoms with Gasteiger partial charge in [-0.25, -0.2) is 0 Å². The minimum Gasteiger partial charge on any atom is -0.393 e. The molecule has 0 radical (unpaired) electrons. The summed E-state index contributed by atoms with van der Waals surface area (Å²) in [5.74, 6) is 3.59. The van der Waals surface area contributed by atoms with E-state index >= 15 is 0 Å². The molecule has 4 aliphatic carbocycles. The predicted molar refractivity (Wildman–Crippen MR) is 86.4 cm³/mol. The lowest BCUT2D eigenvalue weighted by atomic mass is 9.44. The van der Waals surface area contributed by atoms with Crippen molar-refractivity contribution < 1.29 is 9.84 Å². The van der Waals surface area contributed by atoms with Crippen molar-refractivity contribution in [3.63, 3.8) is 0 Å². The van der Waals surface area contributed by atoms with Crippen LogP contribution in [0.2, 0.25) is 0 Å². The SMILES string of the molecule is C[C@H]1CCC2C3C[C@@H]4O[C@@]45C[C@@H](O)CC[C@]5(C)C3CC[C@@]21C. The first-order chi connectivity index (χ1) is 10.4. The molecule has 9 atom stereocenters. The van der Waals surface area contributed by atoms with E-state index in [9.17, 15) is 5.11 Å². The van der Waals surface area contributed by atoms with Gasteiger partial charge in [-0.2, -0.15) is 0 Å². The van der Waals surface area contributed by atoms with Crippen molar-refractivity contribution >= 4 is 0 Å². The molecule has 1 saturated heterocycles. The summed E-state index contributed by atoms with van der Waals surface area (Å²) in [5.41, 5.74) is 0.997. The topological polar surface area (TPSA) is 32.8 Å². The number of aliphatic hydroxyl groups excluding tert-OH is 1. The molecule has 4 saturated carbocycles. The lowest BCUT2D eigenvalue weighted by Crippen LogP contribution is -2.58. The number of rotatable bonds is 0. The lowest BCUT2D eigenvalue weighted by molar-refractivity contribution is -0.112. The smallest absolute Gasteiger partial charge is 0.103 e. The second kappa shape index (κ2) is 4.11. The van der Waals surface area contributed by atoms with Crippen LogP contribution >= 0.6 is 0 Å². The van der Waals surface area contributed by atoms with Crippen molar-refractivity contribution in [2.45, 2.75) is 89.9 Å². The summed E-state index contributed by atoms with van der Waals surface area (Å²) in [6, 6.07) is 0. The minimum absolute atomic E-state index is 0.0593. The van der Waals surface area contributed by atoms with Crippen molar-refractivity contribution in [1.29, 1.82) is 0 Å². The molecule has 1 spiro atoms. The van der Waals surface area contributed by atoms with Crippen molar-refractivity contribution in [2.24, 2.45) is 34.5 Å². The molecule has 2 nitrogen and oxygen atoms in total. The van der Waals surface area contributed by atoms with Crippen LogP contribution in [0, 0.1) is 34.5 Å². The average Bonchev–Trinajstić information content (AvgIpc) is 3.08. The fourth-order valence-electron chi connectivity index (χ4n) is 7.92. The highest BCUT2D eigenvalue weighted by atomic mass is 16.6. The zero-order valence-electron chi connectivity index (χ0n) is 14.5. The molecule has 0 bridgehead atoms. The van der Waals surface area contributed by atoms with Crippen molar-refractivity contribution in [2.75, 3.05) is 0 Å². The maximum Gasteiger partial charge on any atom is 0.103 e. The third kappa shape index (κ3) is 1.46. The van der Waals surface area contributed by atoms with Gasteiger partial charge in [0.2, 0.25) is 0 Å². The highest BCUT2D eigenvalue weighted by molar-refractivity contribution is 5.24. The summed E-state index contributed by atoms with van der Waals surface area (Å²) in [5, 5.41) is 10.2. The van der Waals surface area contributed by atoms with E-state index in [1.54, 1.807) is 0 Å². The Hall–Kier alpha value is -0.0800. The fraction of sp³-hybridized carbons (Fsp3) is 1.00. The van der Waals surface area contributed by atoms with E-state index in [0.717, 1.165) is 36.5 Å². The summed E-state index contributed by atoms with van der Waals surface area (Å²) < 4.78 is 6.38. The number of fused-ring (bicyclic) bond motifs is 4. The van der Waals surface area contributed by atoms with Gasteiger partial charge in [0.25, 0.3) is 0 Å². The highest BCUT2D eigenvalue weighted by Crippen LogP contribution is 2.73. The molecule has 3 unspecified atom stereocenters. The van der Waals surface area contributed by atoms with E-state index in [0.29, 0.717) is 16.9 Å². The number of hydrogen-bond donors (Lipinski definition) is 1. The molecule has 1 aliphatic heterocycles. The monoisotopic (exact) mass is 304 g/mol. The van der Waals surface area contributed by atoms with Gasteiger partial charge in [-0.15, -0.1) is 0 Å². The molecular formula is C20H32O2. The van der Waals surface area contributed by atoms with E-state index in [4.69, 9.17) is 4.74 Å². The first kappa shape index (κ1) is 14.3. The van der Waals surface area contributed by atoms with E-state index in [1.165, 1.54) is 38.5 Å². The average molecular weight is 304 g/mol. The summed E-state index contributed by atoms with van der Waals surface area (Å²) in [4.78, 5) is 0. The zero-order chi connectivity index (χ0) is 15.3. The first-order valence-corrected chi connectivity index (χ1v) is 9.77. The standard InChI is InChI=1S/C20H32O2/c1-12-4-5-15-14-10-17-20(22-17)11-13(21)6-9-19(20,3)16(14)7-8-18(12,15)2/h12-17,21H,4-11H2,1-3H3/t12-,13-,14?,15?,16?,17-,18+,19+,20-/m0/s1. The van der Waals surface area contributed by atoms with E-state index in [1.807, 2.05) is 0 Å². The summed E-state index contributed by atoms with van der Waals surface area (Å²) >= 11 is 0. The third-order valence-corrected chi connectivity index (χ3v) is 9.53. The van der Waals surface area contributed by atoms with Gasteiger partial charge in [-0.3, -0.25) is 0 Å². The van der Waals surface area contributed by atoms with E-state index < -0.39 is 0 Å². The van der Waals surface area contributed by atoms with Crippen LogP contribution in [0.4, 0.5) is 0 Å². The van der Waals surface area contributed by atoms with Crippen molar-refractivity contribution in [3.05, 3.63) is 0 Å². The molecule has 124 valence electrons. The second-order valence-corrected chi connectivity index (χ2v) is 9.95. The van der Waals surface area contributed by atoms with Crippen LogP contribution in [0.1, 0.15) is 72.1 Å². The molecule has 5 fully saturated rings. The van der Waals surface area contributed by atoms with Gasteiger partial charge >= 0.3 is 0 Å². The number of aliphatic hydroxyl groups is 1. The quantitative estimate of drug-likeness (QED) is 0.682. The Balaban J connectivity index is 1.51. The Morgan fingerprint density at radius 2 is 1.82 bits per heavy atom. The maximum absolute atomic E-state index is 10.2. The van der Waals surface area contributed by atoms with E-state index in [-0.39, 0.29) is 11.7 Å². The normalized spacial score (nSPS) is 66.0. The van der Waals surface area contributed by atoms with Crippen LogP contribution < -0.4 is 0 Å².